The molecule has 0 bridgehead atoms. The Morgan fingerprint density at radius 2 is 1.68 bits per heavy atom. The van der Waals surface area contributed by atoms with Crippen molar-refractivity contribution in [2.45, 2.75) is 19.8 Å². The first kappa shape index (κ1) is 22.2. The van der Waals surface area contributed by atoms with Gasteiger partial charge in [0, 0.05) is 30.0 Å². The lowest BCUT2D eigenvalue weighted by Crippen LogP contribution is -2.21. The Bertz CT molecular complexity index is 1060. The van der Waals surface area contributed by atoms with E-state index in [1.165, 1.54) is 30.9 Å². The van der Waals surface area contributed by atoms with Crippen molar-refractivity contribution in [3.8, 4) is 11.3 Å². The van der Waals surface area contributed by atoms with Crippen molar-refractivity contribution in [1.29, 1.82) is 0 Å². The molecule has 0 aliphatic rings. The first-order valence-corrected chi connectivity index (χ1v) is 10.6. The van der Waals surface area contributed by atoms with E-state index in [0.29, 0.717) is 22.8 Å². The minimum absolute atomic E-state index is 0.0139. The Balaban J connectivity index is 1.57. The lowest BCUT2D eigenvalue weighted by Gasteiger charge is -2.04. The molecule has 2 N–H and O–H groups in total. The standard InChI is InChI=1S/C23H23N3O4S/c1-15(27)24-13-3-4-16-5-7-17(8-6-16)20-14-31-23(25-20)26-21(28)18-9-11-19(12-10-18)22(29)30-2/h5-12,14H,3-4,13H2,1-2H3,(H,24,27)(H,25,26,28). The highest BCUT2D eigenvalue weighted by Gasteiger charge is 2.12. The van der Waals surface area contributed by atoms with E-state index in [9.17, 15) is 14.4 Å². The summed E-state index contributed by atoms with van der Waals surface area (Å²) in [5, 5.41) is 7.96. The highest BCUT2D eigenvalue weighted by molar-refractivity contribution is 7.14. The first-order valence-electron chi connectivity index (χ1n) is 9.75. The summed E-state index contributed by atoms with van der Waals surface area (Å²) >= 11 is 1.35. The minimum Gasteiger partial charge on any atom is -0.465 e. The van der Waals surface area contributed by atoms with Gasteiger partial charge in [-0.2, -0.15) is 0 Å². The molecular weight excluding hydrogens is 414 g/mol. The number of anilines is 1. The fourth-order valence-corrected chi connectivity index (χ4v) is 3.62. The zero-order chi connectivity index (χ0) is 22.2. The van der Waals surface area contributed by atoms with Crippen LogP contribution in [0.1, 0.15) is 39.6 Å². The Hall–Kier alpha value is -3.52. The molecule has 0 saturated heterocycles. The molecule has 0 atom stereocenters. The summed E-state index contributed by atoms with van der Waals surface area (Å²) in [6.45, 7) is 2.18. The van der Waals surface area contributed by atoms with Crippen molar-refractivity contribution in [2.75, 3.05) is 19.0 Å². The number of ether oxygens (including phenoxy) is 1. The molecule has 0 unspecified atom stereocenters. The van der Waals surface area contributed by atoms with E-state index in [-0.39, 0.29) is 11.8 Å². The molecule has 0 aliphatic carbocycles. The van der Waals surface area contributed by atoms with Crippen molar-refractivity contribution in [1.82, 2.24) is 10.3 Å². The van der Waals surface area contributed by atoms with E-state index >= 15 is 0 Å². The van der Waals surface area contributed by atoms with Crippen molar-refractivity contribution < 1.29 is 19.1 Å². The van der Waals surface area contributed by atoms with Gasteiger partial charge in [0.1, 0.15) is 0 Å². The molecule has 2 amide bonds. The summed E-state index contributed by atoms with van der Waals surface area (Å²) < 4.78 is 4.65. The maximum atomic E-state index is 12.4. The maximum absolute atomic E-state index is 12.4. The number of aromatic nitrogens is 1. The number of rotatable bonds is 8. The molecule has 3 rings (SSSR count). The smallest absolute Gasteiger partial charge is 0.337 e. The predicted molar refractivity (Wildman–Crippen MR) is 120 cm³/mol. The van der Waals surface area contributed by atoms with E-state index in [0.717, 1.165) is 24.1 Å². The molecule has 0 fully saturated rings. The number of methoxy groups -OCH3 is 1. The zero-order valence-corrected chi connectivity index (χ0v) is 18.1. The van der Waals surface area contributed by atoms with Gasteiger partial charge < -0.3 is 10.1 Å². The van der Waals surface area contributed by atoms with Gasteiger partial charge in [-0.05, 0) is 42.7 Å². The number of aryl methyl sites for hydroxylation is 1. The van der Waals surface area contributed by atoms with Gasteiger partial charge in [0.15, 0.2) is 5.13 Å². The topological polar surface area (TPSA) is 97.4 Å². The SMILES string of the molecule is COC(=O)c1ccc(C(=O)Nc2nc(-c3ccc(CCCNC(C)=O)cc3)cs2)cc1. The molecule has 3 aromatic rings. The van der Waals surface area contributed by atoms with Crippen LogP contribution < -0.4 is 10.6 Å². The highest BCUT2D eigenvalue weighted by atomic mass is 32.1. The first-order chi connectivity index (χ1) is 15.0. The van der Waals surface area contributed by atoms with Gasteiger partial charge in [-0.25, -0.2) is 9.78 Å². The van der Waals surface area contributed by atoms with Crippen LogP contribution in [0.2, 0.25) is 0 Å². The average Bonchev–Trinajstić information content (AvgIpc) is 3.25. The maximum Gasteiger partial charge on any atom is 0.337 e. The van der Waals surface area contributed by atoms with Gasteiger partial charge >= 0.3 is 5.97 Å². The van der Waals surface area contributed by atoms with Crippen LogP contribution in [0.5, 0.6) is 0 Å². The van der Waals surface area contributed by atoms with E-state index < -0.39 is 5.97 Å². The summed E-state index contributed by atoms with van der Waals surface area (Å²) in [6, 6.07) is 14.3. The summed E-state index contributed by atoms with van der Waals surface area (Å²) in [5.74, 6) is -0.762. The Morgan fingerprint density at radius 3 is 2.32 bits per heavy atom. The number of nitrogens with zero attached hydrogens (tertiary/aromatic N) is 1. The summed E-state index contributed by atoms with van der Waals surface area (Å²) in [4.78, 5) is 39.3. The lowest BCUT2D eigenvalue weighted by atomic mass is 10.1. The van der Waals surface area contributed by atoms with Crippen LogP contribution in [-0.2, 0) is 16.0 Å². The third kappa shape index (κ3) is 6.23. The van der Waals surface area contributed by atoms with Gasteiger partial charge in [-0.1, -0.05) is 24.3 Å². The fraction of sp³-hybridized carbons (Fsp3) is 0.217. The predicted octanol–water partition coefficient (Wildman–Crippen LogP) is 3.92. The molecule has 8 heteroatoms. The summed E-state index contributed by atoms with van der Waals surface area (Å²) in [5.41, 5.74) is 3.74. The number of nitrogens with one attached hydrogen (secondary N) is 2. The van der Waals surface area contributed by atoms with Crippen LogP contribution in [0.25, 0.3) is 11.3 Å². The molecule has 0 aliphatic heterocycles. The van der Waals surface area contributed by atoms with Gasteiger partial charge in [-0.3, -0.25) is 14.9 Å². The molecule has 1 heterocycles. The van der Waals surface area contributed by atoms with Crippen molar-refractivity contribution in [2.24, 2.45) is 0 Å². The number of esters is 1. The molecule has 160 valence electrons. The number of amides is 2. The monoisotopic (exact) mass is 437 g/mol. The summed E-state index contributed by atoms with van der Waals surface area (Å²) in [7, 11) is 1.31. The minimum atomic E-state index is -0.449. The molecule has 0 saturated carbocycles. The quantitative estimate of drug-likeness (QED) is 0.411. The Kier molecular flexibility index (Phi) is 7.50. The second-order valence-electron chi connectivity index (χ2n) is 6.84. The van der Waals surface area contributed by atoms with Crippen LogP contribution in [-0.4, -0.2) is 36.4 Å². The summed E-state index contributed by atoms with van der Waals surface area (Å²) in [6.07, 6.45) is 1.76. The molecule has 1 aromatic heterocycles. The van der Waals surface area contributed by atoms with Gasteiger partial charge in [0.2, 0.25) is 5.91 Å². The Labute approximate surface area is 184 Å². The van der Waals surface area contributed by atoms with Crippen LogP contribution in [0.15, 0.2) is 53.9 Å². The van der Waals surface area contributed by atoms with Crippen molar-refractivity contribution >= 4 is 34.3 Å². The second-order valence-corrected chi connectivity index (χ2v) is 7.70. The van der Waals surface area contributed by atoms with E-state index in [2.05, 4.69) is 20.4 Å². The van der Waals surface area contributed by atoms with Gasteiger partial charge in [0.25, 0.3) is 5.91 Å². The van der Waals surface area contributed by atoms with Gasteiger partial charge in [0.05, 0.1) is 18.4 Å². The van der Waals surface area contributed by atoms with Gasteiger partial charge in [-0.15, -0.1) is 11.3 Å². The number of hydrogen-bond acceptors (Lipinski definition) is 6. The number of hydrogen-bond donors (Lipinski definition) is 2. The third-order valence-corrected chi connectivity index (χ3v) is 5.32. The van der Waals surface area contributed by atoms with Crippen LogP contribution >= 0.6 is 11.3 Å². The highest BCUT2D eigenvalue weighted by Crippen LogP contribution is 2.25. The third-order valence-electron chi connectivity index (χ3n) is 4.56. The van der Waals surface area contributed by atoms with Crippen molar-refractivity contribution in [3.05, 3.63) is 70.6 Å². The molecule has 7 nitrogen and oxygen atoms in total. The molecule has 0 radical (unpaired) electrons. The van der Waals surface area contributed by atoms with E-state index in [1.54, 1.807) is 24.3 Å². The number of benzene rings is 2. The van der Waals surface area contributed by atoms with Crippen LogP contribution in [0, 0.1) is 0 Å². The van der Waals surface area contributed by atoms with Crippen molar-refractivity contribution in [3.63, 3.8) is 0 Å². The molecule has 0 spiro atoms. The van der Waals surface area contributed by atoms with Crippen LogP contribution in [0.4, 0.5) is 5.13 Å². The van der Waals surface area contributed by atoms with E-state index in [4.69, 9.17) is 0 Å². The number of carbonyl (C=O) groups is 3. The Morgan fingerprint density at radius 1 is 1.00 bits per heavy atom. The fourth-order valence-electron chi connectivity index (χ4n) is 2.91. The second kappa shape index (κ2) is 10.5. The van der Waals surface area contributed by atoms with Crippen LogP contribution in [0.3, 0.4) is 0 Å². The molecular formula is C23H23N3O4S. The largest absolute Gasteiger partial charge is 0.465 e. The number of carbonyl (C=O) groups excluding carboxylic acids is 3. The molecule has 31 heavy (non-hydrogen) atoms. The normalized spacial score (nSPS) is 10.4. The zero-order valence-electron chi connectivity index (χ0n) is 17.3. The lowest BCUT2D eigenvalue weighted by molar-refractivity contribution is -0.118. The van der Waals surface area contributed by atoms with E-state index in [1.807, 2.05) is 29.6 Å². The number of thiazole rings is 1. The average molecular weight is 438 g/mol. The molecule has 2 aromatic carbocycles.